The Hall–Kier alpha value is -2.88. The Morgan fingerprint density at radius 2 is 2.23 bits per heavy atom. The lowest BCUT2D eigenvalue weighted by atomic mass is 10.2. The lowest BCUT2D eigenvalue weighted by molar-refractivity contribution is 0.107. The SMILES string of the molecule is COC1CCN(Cc2ccnc(Nc3nc4ccc(-c5cn[nH]c5C)nc4s3)c2)C1. The van der Waals surface area contributed by atoms with E-state index in [4.69, 9.17) is 9.72 Å². The van der Waals surface area contributed by atoms with Gasteiger partial charge in [-0.05, 0) is 43.2 Å². The van der Waals surface area contributed by atoms with Crippen LogP contribution in [0.2, 0.25) is 0 Å². The number of rotatable bonds is 6. The summed E-state index contributed by atoms with van der Waals surface area (Å²) in [5.41, 5.74) is 4.99. The highest BCUT2D eigenvalue weighted by Gasteiger charge is 2.22. The Morgan fingerprint density at radius 1 is 1.30 bits per heavy atom. The van der Waals surface area contributed by atoms with Crippen LogP contribution in [-0.2, 0) is 11.3 Å². The average Bonchev–Trinajstić information content (AvgIpc) is 3.47. The molecule has 0 bridgehead atoms. The minimum absolute atomic E-state index is 0.343. The molecular weight excluding hydrogens is 398 g/mol. The number of ether oxygens (including phenoxy) is 1. The van der Waals surface area contributed by atoms with Gasteiger partial charge in [-0.2, -0.15) is 5.10 Å². The minimum Gasteiger partial charge on any atom is -0.380 e. The fourth-order valence-electron chi connectivity index (χ4n) is 3.77. The molecule has 0 aromatic carbocycles. The van der Waals surface area contributed by atoms with Crippen LogP contribution in [-0.4, -0.2) is 56.4 Å². The van der Waals surface area contributed by atoms with Crippen molar-refractivity contribution in [3.05, 3.63) is 47.9 Å². The van der Waals surface area contributed by atoms with Gasteiger partial charge in [0.1, 0.15) is 16.2 Å². The van der Waals surface area contributed by atoms with Crippen LogP contribution in [0, 0.1) is 6.92 Å². The summed E-state index contributed by atoms with van der Waals surface area (Å²) >= 11 is 1.52. The number of pyridine rings is 2. The fraction of sp³-hybridized carbons (Fsp3) is 0.333. The second kappa shape index (κ2) is 8.10. The first-order chi connectivity index (χ1) is 14.7. The smallest absolute Gasteiger partial charge is 0.190 e. The average molecular weight is 422 g/mol. The number of aromatic nitrogens is 5. The van der Waals surface area contributed by atoms with Crippen molar-refractivity contribution in [1.29, 1.82) is 0 Å². The van der Waals surface area contributed by atoms with Crippen LogP contribution in [0.15, 0.2) is 36.7 Å². The van der Waals surface area contributed by atoms with Crippen LogP contribution in [0.1, 0.15) is 17.7 Å². The monoisotopic (exact) mass is 421 g/mol. The van der Waals surface area contributed by atoms with Crippen LogP contribution < -0.4 is 5.32 Å². The number of anilines is 2. The van der Waals surface area contributed by atoms with Gasteiger partial charge in [0.05, 0.1) is 18.0 Å². The number of methoxy groups -OCH3 is 1. The molecule has 154 valence electrons. The third-order valence-corrected chi connectivity index (χ3v) is 6.27. The zero-order valence-electron chi connectivity index (χ0n) is 16.9. The number of nitrogens with zero attached hydrogens (tertiary/aromatic N) is 5. The number of aryl methyl sites for hydroxylation is 1. The van der Waals surface area contributed by atoms with Crippen LogP contribution in [0.25, 0.3) is 21.6 Å². The first-order valence-electron chi connectivity index (χ1n) is 9.93. The molecule has 30 heavy (non-hydrogen) atoms. The van der Waals surface area contributed by atoms with Crippen LogP contribution in [0.4, 0.5) is 10.9 Å². The highest BCUT2D eigenvalue weighted by Crippen LogP contribution is 2.29. The number of fused-ring (bicyclic) bond motifs is 1. The third-order valence-electron chi connectivity index (χ3n) is 5.39. The van der Waals surface area contributed by atoms with Gasteiger partial charge in [0.25, 0.3) is 0 Å². The molecule has 4 aromatic rings. The standard InChI is InChI=1S/C21H23N7OS/c1-13-16(10-23-27-13)17-3-4-18-20(24-17)30-21(25-18)26-19-9-14(5-7-22-19)11-28-8-6-15(12-28)29-2/h3-5,7,9-10,15H,6,8,11-12H2,1-2H3,(H,23,27)(H,22,25,26). The summed E-state index contributed by atoms with van der Waals surface area (Å²) in [6, 6.07) is 8.12. The summed E-state index contributed by atoms with van der Waals surface area (Å²) in [7, 11) is 1.79. The zero-order valence-corrected chi connectivity index (χ0v) is 17.7. The van der Waals surface area contributed by atoms with Gasteiger partial charge in [0.15, 0.2) is 5.13 Å². The van der Waals surface area contributed by atoms with Crippen LogP contribution >= 0.6 is 11.3 Å². The molecule has 5 rings (SSSR count). The first kappa shape index (κ1) is 19.1. The number of nitrogens with one attached hydrogen (secondary N) is 2. The summed E-state index contributed by atoms with van der Waals surface area (Å²) in [6.07, 6.45) is 5.07. The Balaban J connectivity index is 1.32. The zero-order chi connectivity index (χ0) is 20.5. The molecule has 0 amide bonds. The molecule has 1 unspecified atom stereocenters. The second-order valence-electron chi connectivity index (χ2n) is 7.50. The van der Waals surface area contributed by atoms with E-state index in [-0.39, 0.29) is 0 Å². The summed E-state index contributed by atoms with van der Waals surface area (Å²) in [6.45, 7) is 4.92. The van der Waals surface area contributed by atoms with E-state index in [9.17, 15) is 0 Å². The molecule has 8 nitrogen and oxygen atoms in total. The molecule has 2 N–H and O–H groups in total. The molecule has 1 aliphatic rings. The van der Waals surface area contributed by atoms with Crippen molar-refractivity contribution < 1.29 is 4.74 Å². The Morgan fingerprint density at radius 3 is 3.03 bits per heavy atom. The molecule has 0 aliphatic carbocycles. The highest BCUT2D eigenvalue weighted by atomic mass is 32.1. The number of aromatic amines is 1. The normalized spacial score (nSPS) is 17.1. The minimum atomic E-state index is 0.343. The van der Waals surface area contributed by atoms with E-state index in [0.717, 1.165) is 64.3 Å². The largest absolute Gasteiger partial charge is 0.380 e. The van der Waals surface area contributed by atoms with E-state index in [1.807, 2.05) is 25.3 Å². The predicted octanol–water partition coefficient (Wildman–Crippen LogP) is 3.75. The predicted molar refractivity (Wildman–Crippen MR) is 118 cm³/mol. The number of hydrogen-bond acceptors (Lipinski definition) is 8. The maximum Gasteiger partial charge on any atom is 0.190 e. The number of likely N-dealkylation sites (tertiary alicyclic amines) is 1. The maximum atomic E-state index is 5.46. The van der Waals surface area contributed by atoms with E-state index < -0.39 is 0 Å². The summed E-state index contributed by atoms with van der Waals surface area (Å²) in [5, 5.41) is 11.2. The Kier molecular flexibility index (Phi) is 5.16. The second-order valence-corrected chi connectivity index (χ2v) is 8.48. The van der Waals surface area contributed by atoms with E-state index in [1.54, 1.807) is 13.3 Å². The summed E-state index contributed by atoms with van der Waals surface area (Å²) in [4.78, 5) is 17.2. The van der Waals surface area contributed by atoms with E-state index in [2.05, 4.69) is 42.5 Å². The van der Waals surface area contributed by atoms with Crippen molar-refractivity contribution in [1.82, 2.24) is 30.0 Å². The van der Waals surface area contributed by atoms with Crippen LogP contribution in [0.3, 0.4) is 0 Å². The van der Waals surface area contributed by atoms with Gasteiger partial charge in [-0.15, -0.1) is 0 Å². The summed E-state index contributed by atoms with van der Waals surface area (Å²) in [5.74, 6) is 0.792. The molecule has 9 heteroatoms. The third kappa shape index (κ3) is 3.91. The molecule has 1 aliphatic heterocycles. The van der Waals surface area contributed by atoms with Crippen molar-refractivity contribution in [2.24, 2.45) is 0 Å². The summed E-state index contributed by atoms with van der Waals surface area (Å²) < 4.78 is 5.46. The van der Waals surface area contributed by atoms with Gasteiger partial charge in [-0.1, -0.05) is 11.3 Å². The Labute approximate surface area is 178 Å². The van der Waals surface area contributed by atoms with Gasteiger partial charge < -0.3 is 10.1 Å². The highest BCUT2D eigenvalue weighted by molar-refractivity contribution is 7.21. The number of hydrogen-bond donors (Lipinski definition) is 2. The van der Waals surface area contributed by atoms with Crippen molar-refractivity contribution >= 4 is 32.6 Å². The fourth-order valence-corrected chi connectivity index (χ4v) is 4.62. The van der Waals surface area contributed by atoms with Crippen LogP contribution in [0.5, 0.6) is 0 Å². The number of thiazole rings is 1. The maximum absolute atomic E-state index is 5.46. The molecule has 5 heterocycles. The lowest BCUT2D eigenvalue weighted by Crippen LogP contribution is -2.22. The van der Waals surface area contributed by atoms with Crippen molar-refractivity contribution in [3.8, 4) is 11.3 Å². The van der Waals surface area contributed by atoms with E-state index in [1.165, 1.54) is 16.9 Å². The van der Waals surface area contributed by atoms with E-state index >= 15 is 0 Å². The van der Waals surface area contributed by atoms with Gasteiger partial charge in [0, 0.05) is 44.2 Å². The quantitative estimate of drug-likeness (QED) is 0.490. The molecule has 1 atom stereocenters. The molecule has 0 spiro atoms. The van der Waals surface area contributed by atoms with Crippen molar-refractivity contribution in [2.75, 3.05) is 25.5 Å². The number of H-pyrrole nitrogens is 1. The molecule has 0 saturated carbocycles. The van der Waals surface area contributed by atoms with Gasteiger partial charge in [-0.25, -0.2) is 15.0 Å². The van der Waals surface area contributed by atoms with Gasteiger partial charge in [-0.3, -0.25) is 10.00 Å². The van der Waals surface area contributed by atoms with E-state index in [0.29, 0.717) is 6.10 Å². The Bertz CT molecular complexity index is 1170. The van der Waals surface area contributed by atoms with Gasteiger partial charge in [0.2, 0.25) is 0 Å². The van der Waals surface area contributed by atoms with Crippen molar-refractivity contribution in [2.45, 2.75) is 26.0 Å². The van der Waals surface area contributed by atoms with Gasteiger partial charge >= 0.3 is 0 Å². The molecule has 1 fully saturated rings. The topological polar surface area (TPSA) is 91.9 Å². The lowest BCUT2D eigenvalue weighted by Gasteiger charge is -2.16. The van der Waals surface area contributed by atoms with Crippen molar-refractivity contribution in [3.63, 3.8) is 0 Å². The molecular formula is C21H23N7OS. The first-order valence-corrected chi connectivity index (χ1v) is 10.7. The molecule has 0 radical (unpaired) electrons. The molecule has 1 saturated heterocycles. The molecule has 4 aromatic heterocycles.